The normalized spacial score (nSPS) is 11.6. The van der Waals surface area contributed by atoms with Crippen LogP contribution in [0.25, 0.3) is 5.57 Å². The van der Waals surface area contributed by atoms with Crippen LogP contribution in [0.1, 0.15) is 45.2 Å². The number of carbonyl (C=O) groups is 1. The molecule has 0 fully saturated rings. The Morgan fingerprint density at radius 1 is 1.50 bits per heavy atom. The molecular weight excluding hydrogens is 248 g/mol. The Labute approximate surface area is 112 Å². The number of nitrogens with two attached hydrogens (primary N) is 1. The van der Waals surface area contributed by atoms with E-state index >= 15 is 0 Å². The Morgan fingerprint density at radius 3 is 2.83 bits per heavy atom. The Balaban J connectivity index is 2.62. The van der Waals surface area contributed by atoms with E-state index in [0.29, 0.717) is 23.0 Å². The molecule has 1 heterocycles. The molecule has 1 aromatic heterocycles. The van der Waals surface area contributed by atoms with Gasteiger partial charge in [0.1, 0.15) is 0 Å². The summed E-state index contributed by atoms with van der Waals surface area (Å²) in [6.45, 7) is 4.55. The number of unbranched alkanes of at least 4 members (excludes halogenated alkanes) is 2. The van der Waals surface area contributed by atoms with E-state index in [0.717, 1.165) is 25.7 Å². The molecule has 0 aliphatic carbocycles. The SMILES string of the molecule is CC/C=C(\C(=O)OCCCCC)c1csc(N)n1. The van der Waals surface area contributed by atoms with Crippen molar-refractivity contribution in [1.82, 2.24) is 4.98 Å². The van der Waals surface area contributed by atoms with Crippen LogP contribution in [0.5, 0.6) is 0 Å². The van der Waals surface area contributed by atoms with Crippen molar-refractivity contribution in [3.8, 4) is 0 Å². The van der Waals surface area contributed by atoms with Gasteiger partial charge in [0.2, 0.25) is 0 Å². The molecule has 0 aliphatic rings. The van der Waals surface area contributed by atoms with Crippen LogP contribution >= 0.6 is 11.3 Å². The molecule has 0 aliphatic heterocycles. The van der Waals surface area contributed by atoms with Crippen LogP contribution in [-0.4, -0.2) is 17.6 Å². The van der Waals surface area contributed by atoms with Crippen LogP contribution in [0.3, 0.4) is 0 Å². The van der Waals surface area contributed by atoms with Gasteiger partial charge in [0.15, 0.2) is 5.13 Å². The average molecular weight is 268 g/mol. The summed E-state index contributed by atoms with van der Waals surface area (Å²) in [5.41, 5.74) is 6.71. The van der Waals surface area contributed by atoms with Gasteiger partial charge in [0.05, 0.1) is 17.9 Å². The highest BCUT2D eigenvalue weighted by molar-refractivity contribution is 7.13. The first-order valence-corrected chi connectivity index (χ1v) is 7.15. The summed E-state index contributed by atoms with van der Waals surface area (Å²) < 4.78 is 5.24. The Bertz CT molecular complexity index is 413. The summed E-state index contributed by atoms with van der Waals surface area (Å²) in [6, 6.07) is 0. The average Bonchev–Trinajstić information content (AvgIpc) is 2.78. The minimum atomic E-state index is -0.307. The number of nitrogens with zero attached hydrogens (tertiary/aromatic N) is 1. The highest BCUT2D eigenvalue weighted by Gasteiger charge is 2.15. The molecule has 0 amide bonds. The van der Waals surface area contributed by atoms with Crippen molar-refractivity contribution in [1.29, 1.82) is 0 Å². The molecule has 0 atom stereocenters. The number of esters is 1. The first kappa shape index (κ1) is 14.7. The summed E-state index contributed by atoms with van der Waals surface area (Å²) >= 11 is 1.33. The monoisotopic (exact) mass is 268 g/mol. The fraction of sp³-hybridized carbons (Fsp3) is 0.538. The van der Waals surface area contributed by atoms with Gasteiger partial charge < -0.3 is 10.5 Å². The maximum absolute atomic E-state index is 11.9. The molecule has 1 aromatic rings. The molecule has 0 saturated carbocycles. The Kier molecular flexibility index (Phi) is 6.43. The summed E-state index contributed by atoms with van der Waals surface area (Å²) in [7, 11) is 0. The number of rotatable bonds is 7. The van der Waals surface area contributed by atoms with Gasteiger partial charge in [-0.15, -0.1) is 11.3 Å². The molecule has 2 N–H and O–H groups in total. The highest BCUT2D eigenvalue weighted by atomic mass is 32.1. The van der Waals surface area contributed by atoms with Crippen molar-refractivity contribution < 1.29 is 9.53 Å². The largest absolute Gasteiger partial charge is 0.462 e. The topological polar surface area (TPSA) is 65.2 Å². The quantitative estimate of drug-likeness (QED) is 0.468. The van der Waals surface area contributed by atoms with Crippen molar-refractivity contribution >= 4 is 28.0 Å². The number of allylic oxidation sites excluding steroid dienone is 1. The highest BCUT2D eigenvalue weighted by Crippen LogP contribution is 2.21. The van der Waals surface area contributed by atoms with E-state index < -0.39 is 0 Å². The molecule has 5 heteroatoms. The zero-order valence-corrected chi connectivity index (χ0v) is 11.8. The minimum absolute atomic E-state index is 0.307. The molecule has 0 unspecified atom stereocenters. The molecule has 0 saturated heterocycles. The molecule has 4 nitrogen and oxygen atoms in total. The number of hydrogen-bond acceptors (Lipinski definition) is 5. The second kappa shape index (κ2) is 7.87. The third-order valence-electron chi connectivity index (χ3n) is 2.41. The predicted octanol–water partition coefficient (Wildman–Crippen LogP) is 3.25. The molecule has 18 heavy (non-hydrogen) atoms. The van der Waals surface area contributed by atoms with Gasteiger partial charge in [0, 0.05) is 5.38 Å². The van der Waals surface area contributed by atoms with E-state index in [9.17, 15) is 4.79 Å². The molecule has 0 bridgehead atoms. The number of carbonyl (C=O) groups excluding carboxylic acids is 1. The lowest BCUT2D eigenvalue weighted by Crippen LogP contribution is -2.09. The smallest absolute Gasteiger partial charge is 0.340 e. The molecule has 0 aromatic carbocycles. The Morgan fingerprint density at radius 2 is 2.28 bits per heavy atom. The van der Waals surface area contributed by atoms with Crippen LogP contribution in [0, 0.1) is 0 Å². The second-order valence-electron chi connectivity index (χ2n) is 3.94. The van der Waals surface area contributed by atoms with Crippen molar-refractivity contribution in [3.05, 3.63) is 17.2 Å². The third-order valence-corrected chi connectivity index (χ3v) is 3.08. The van der Waals surface area contributed by atoms with Gasteiger partial charge in [0.25, 0.3) is 0 Å². The number of hydrogen-bond donors (Lipinski definition) is 1. The van der Waals surface area contributed by atoms with Crippen LogP contribution in [0.2, 0.25) is 0 Å². The van der Waals surface area contributed by atoms with Crippen LogP contribution in [0.4, 0.5) is 5.13 Å². The summed E-state index contributed by atoms with van der Waals surface area (Å²) in [5.74, 6) is -0.307. The predicted molar refractivity (Wildman–Crippen MR) is 75.3 cm³/mol. The number of nitrogen functional groups attached to an aromatic ring is 1. The third kappa shape index (κ3) is 4.49. The zero-order valence-electron chi connectivity index (χ0n) is 10.9. The summed E-state index contributed by atoms with van der Waals surface area (Å²) in [4.78, 5) is 16.1. The van der Waals surface area contributed by atoms with Gasteiger partial charge >= 0.3 is 5.97 Å². The second-order valence-corrected chi connectivity index (χ2v) is 4.83. The molecule has 0 spiro atoms. The van der Waals surface area contributed by atoms with Gasteiger partial charge in [-0.25, -0.2) is 9.78 Å². The first-order chi connectivity index (χ1) is 8.69. The number of ether oxygens (including phenoxy) is 1. The number of aromatic nitrogens is 1. The standard InChI is InChI=1S/C13H20N2O2S/c1-3-5-6-8-17-12(16)10(7-4-2)11-9-18-13(14)15-11/h7,9H,3-6,8H2,1-2H3,(H2,14,15)/b10-7-. The lowest BCUT2D eigenvalue weighted by Gasteiger charge is -2.06. The number of thiazole rings is 1. The molecule has 1 rings (SSSR count). The van der Waals surface area contributed by atoms with Crippen molar-refractivity contribution in [2.24, 2.45) is 0 Å². The van der Waals surface area contributed by atoms with Crippen molar-refractivity contribution in [2.75, 3.05) is 12.3 Å². The van der Waals surface area contributed by atoms with Crippen LogP contribution < -0.4 is 5.73 Å². The molecule has 100 valence electrons. The minimum Gasteiger partial charge on any atom is -0.462 e. The molecule has 0 radical (unpaired) electrons. The fourth-order valence-electron chi connectivity index (χ4n) is 1.50. The molecular formula is C13H20N2O2S. The van der Waals surface area contributed by atoms with E-state index in [-0.39, 0.29) is 5.97 Å². The lowest BCUT2D eigenvalue weighted by molar-refractivity contribution is -0.136. The van der Waals surface area contributed by atoms with Gasteiger partial charge in [-0.05, 0) is 12.8 Å². The van der Waals surface area contributed by atoms with E-state index in [1.807, 2.05) is 13.0 Å². The van der Waals surface area contributed by atoms with Gasteiger partial charge in [-0.1, -0.05) is 32.8 Å². The lowest BCUT2D eigenvalue weighted by atomic mass is 10.2. The number of anilines is 1. The van der Waals surface area contributed by atoms with E-state index in [1.165, 1.54) is 11.3 Å². The summed E-state index contributed by atoms with van der Waals surface area (Å²) in [5, 5.41) is 2.25. The van der Waals surface area contributed by atoms with E-state index in [4.69, 9.17) is 10.5 Å². The van der Waals surface area contributed by atoms with E-state index in [1.54, 1.807) is 5.38 Å². The van der Waals surface area contributed by atoms with Gasteiger partial charge in [-0.2, -0.15) is 0 Å². The van der Waals surface area contributed by atoms with Crippen LogP contribution in [-0.2, 0) is 9.53 Å². The van der Waals surface area contributed by atoms with Gasteiger partial charge in [-0.3, -0.25) is 0 Å². The zero-order chi connectivity index (χ0) is 13.4. The van der Waals surface area contributed by atoms with Crippen LogP contribution in [0.15, 0.2) is 11.5 Å². The first-order valence-electron chi connectivity index (χ1n) is 6.27. The van der Waals surface area contributed by atoms with Crippen molar-refractivity contribution in [2.45, 2.75) is 39.5 Å². The Hall–Kier alpha value is -1.36. The summed E-state index contributed by atoms with van der Waals surface area (Å²) in [6.07, 6.45) is 5.68. The van der Waals surface area contributed by atoms with Crippen molar-refractivity contribution in [3.63, 3.8) is 0 Å². The maximum Gasteiger partial charge on any atom is 0.340 e. The van der Waals surface area contributed by atoms with E-state index in [2.05, 4.69) is 11.9 Å². The fourth-order valence-corrected chi connectivity index (χ4v) is 2.07. The maximum atomic E-state index is 11.9.